The molecular formula is C14H17FN2OS. The van der Waals surface area contributed by atoms with Gasteiger partial charge in [0.05, 0.1) is 6.04 Å². The molecule has 0 saturated carbocycles. The third-order valence-corrected chi connectivity index (χ3v) is 4.68. The van der Waals surface area contributed by atoms with Gasteiger partial charge in [-0.05, 0) is 44.3 Å². The average molecular weight is 280 g/mol. The van der Waals surface area contributed by atoms with Crippen LogP contribution in [0, 0.1) is 11.7 Å². The van der Waals surface area contributed by atoms with Crippen molar-refractivity contribution >= 4 is 17.3 Å². The fourth-order valence-corrected chi connectivity index (χ4v) is 3.56. The van der Waals surface area contributed by atoms with E-state index in [9.17, 15) is 4.39 Å². The maximum Gasteiger partial charge on any atom is 0.186 e. The molecule has 2 aliphatic heterocycles. The van der Waals surface area contributed by atoms with Crippen LogP contribution in [0.5, 0.6) is 5.75 Å². The van der Waals surface area contributed by atoms with E-state index in [1.54, 1.807) is 6.07 Å². The van der Waals surface area contributed by atoms with Gasteiger partial charge in [-0.1, -0.05) is 6.92 Å². The molecular weight excluding hydrogens is 263 g/mol. The molecule has 5 heteroatoms. The molecule has 3 rings (SSSR count). The van der Waals surface area contributed by atoms with Crippen LogP contribution < -0.4 is 10.1 Å². The lowest BCUT2D eigenvalue weighted by molar-refractivity contribution is -0.108. The van der Waals surface area contributed by atoms with E-state index in [1.807, 2.05) is 6.92 Å². The van der Waals surface area contributed by atoms with Gasteiger partial charge in [-0.2, -0.15) is 0 Å². The lowest BCUT2D eigenvalue weighted by Crippen LogP contribution is -2.68. The third kappa shape index (κ3) is 1.64. The highest BCUT2D eigenvalue weighted by Gasteiger charge is 2.52. The molecule has 2 aliphatic rings. The van der Waals surface area contributed by atoms with E-state index in [-0.39, 0.29) is 17.8 Å². The Balaban J connectivity index is 2.15. The van der Waals surface area contributed by atoms with Crippen LogP contribution in [0.3, 0.4) is 0 Å². The van der Waals surface area contributed by atoms with Crippen LogP contribution in [0.15, 0.2) is 18.2 Å². The summed E-state index contributed by atoms with van der Waals surface area (Å²) in [4.78, 5) is 2.05. The Labute approximate surface area is 117 Å². The van der Waals surface area contributed by atoms with Crippen molar-refractivity contribution in [3.63, 3.8) is 0 Å². The van der Waals surface area contributed by atoms with Crippen molar-refractivity contribution in [2.75, 3.05) is 6.54 Å². The molecule has 0 spiro atoms. The molecule has 0 aromatic heterocycles. The first-order valence-electron chi connectivity index (χ1n) is 6.54. The first-order valence-corrected chi connectivity index (χ1v) is 6.94. The second-order valence-electron chi connectivity index (χ2n) is 5.30. The number of benzene rings is 1. The highest BCUT2D eigenvalue weighted by atomic mass is 32.1. The molecule has 2 heterocycles. The Morgan fingerprint density at radius 3 is 2.95 bits per heavy atom. The van der Waals surface area contributed by atoms with Crippen molar-refractivity contribution in [1.82, 2.24) is 10.2 Å². The summed E-state index contributed by atoms with van der Waals surface area (Å²) in [6, 6.07) is 4.67. The number of hydrogen-bond acceptors (Lipinski definition) is 2. The van der Waals surface area contributed by atoms with Gasteiger partial charge >= 0.3 is 0 Å². The summed E-state index contributed by atoms with van der Waals surface area (Å²) in [5.74, 6) is 0.665. The highest BCUT2D eigenvalue weighted by Crippen LogP contribution is 2.47. The van der Waals surface area contributed by atoms with Crippen molar-refractivity contribution in [1.29, 1.82) is 0 Å². The molecule has 3 nitrogen and oxygen atoms in total. The number of ether oxygens (including phenoxy) is 1. The fourth-order valence-electron chi connectivity index (χ4n) is 3.12. The normalized spacial score (nSPS) is 32.4. The molecule has 3 unspecified atom stereocenters. The van der Waals surface area contributed by atoms with E-state index in [1.165, 1.54) is 12.1 Å². The van der Waals surface area contributed by atoms with Crippen molar-refractivity contribution in [3.05, 3.63) is 29.6 Å². The maximum absolute atomic E-state index is 13.5. The first-order chi connectivity index (χ1) is 8.97. The van der Waals surface area contributed by atoms with E-state index in [0.717, 1.165) is 17.9 Å². The molecule has 1 aromatic carbocycles. The predicted molar refractivity (Wildman–Crippen MR) is 75.5 cm³/mol. The number of fused-ring (bicyclic) bond motifs is 4. The Kier molecular flexibility index (Phi) is 2.71. The summed E-state index contributed by atoms with van der Waals surface area (Å²) in [5.41, 5.74) is 0.370. The lowest BCUT2D eigenvalue weighted by atomic mass is 9.81. The van der Waals surface area contributed by atoms with Gasteiger partial charge in [-0.15, -0.1) is 0 Å². The predicted octanol–water partition coefficient (Wildman–Crippen LogP) is 2.82. The second-order valence-corrected chi connectivity index (χ2v) is 5.69. The number of halogens is 1. The molecule has 102 valence electrons. The molecule has 0 amide bonds. The molecule has 19 heavy (non-hydrogen) atoms. The van der Waals surface area contributed by atoms with E-state index in [4.69, 9.17) is 17.0 Å². The lowest BCUT2D eigenvalue weighted by Gasteiger charge is -2.56. The van der Waals surface area contributed by atoms with Crippen molar-refractivity contribution in [2.24, 2.45) is 5.92 Å². The van der Waals surface area contributed by atoms with Crippen molar-refractivity contribution in [3.8, 4) is 5.75 Å². The average Bonchev–Trinajstić information content (AvgIpc) is 2.35. The first kappa shape index (κ1) is 12.7. The zero-order chi connectivity index (χ0) is 13.8. The van der Waals surface area contributed by atoms with E-state index in [0.29, 0.717) is 5.11 Å². The van der Waals surface area contributed by atoms with Gasteiger partial charge in [0.25, 0.3) is 0 Å². The quantitative estimate of drug-likeness (QED) is 0.800. The zero-order valence-electron chi connectivity index (χ0n) is 11.2. The van der Waals surface area contributed by atoms with Gasteiger partial charge in [0, 0.05) is 18.0 Å². The van der Waals surface area contributed by atoms with Crippen LogP contribution >= 0.6 is 12.2 Å². The maximum atomic E-state index is 13.5. The minimum atomic E-state index is -0.480. The van der Waals surface area contributed by atoms with Crippen molar-refractivity contribution in [2.45, 2.75) is 32.5 Å². The highest BCUT2D eigenvalue weighted by molar-refractivity contribution is 7.80. The topological polar surface area (TPSA) is 24.5 Å². The standard InChI is InChI=1S/C14H17FN2OS/c1-4-17-13(19)16-12-8(2)14(17,3)18-11-6-5-9(15)7-10(11)12/h5-8,12H,4H2,1-3H3,(H,16,19). The molecule has 1 N–H and O–H groups in total. The molecule has 0 aliphatic carbocycles. The Hall–Kier alpha value is -1.36. The monoisotopic (exact) mass is 280 g/mol. The second kappa shape index (κ2) is 4.07. The number of hydrogen-bond donors (Lipinski definition) is 1. The summed E-state index contributed by atoms with van der Waals surface area (Å²) in [7, 11) is 0. The smallest absolute Gasteiger partial charge is 0.186 e. The van der Waals surface area contributed by atoms with E-state index in [2.05, 4.69) is 24.1 Å². The van der Waals surface area contributed by atoms with E-state index < -0.39 is 5.72 Å². The van der Waals surface area contributed by atoms with Crippen LogP contribution in [-0.4, -0.2) is 22.3 Å². The number of rotatable bonds is 1. The van der Waals surface area contributed by atoms with Gasteiger partial charge in [0.15, 0.2) is 10.8 Å². The van der Waals surface area contributed by atoms with Gasteiger partial charge in [-0.25, -0.2) is 4.39 Å². The molecule has 2 bridgehead atoms. The van der Waals surface area contributed by atoms with Crippen LogP contribution in [0.1, 0.15) is 32.4 Å². The zero-order valence-corrected chi connectivity index (χ0v) is 12.1. The fraction of sp³-hybridized carbons (Fsp3) is 0.500. The largest absolute Gasteiger partial charge is 0.467 e. The third-order valence-electron chi connectivity index (χ3n) is 4.34. The summed E-state index contributed by atoms with van der Waals surface area (Å²) < 4.78 is 19.6. The summed E-state index contributed by atoms with van der Waals surface area (Å²) in [6.45, 7) is 6.98. The molecule has 1 aromatic rings. The van der Waals surface area contributed by atoms with E-state index >= 15 is 0 Å². The van der Waals surface area contributed by atoms with Crippen LogP contribution in [0.2, 0.25) is 0 Å². The number of nitrogens with one attached hydrogen (secondary N) is 1. The van der Waals surface area contributed by atoms with Crippen molar-refractivity contribution < 1.29 is 9.13 Å². The van der Waals surface area contributed by atoms with Crippen LogP contribution in [-0.2, 0) is 0 Å². The molecule has 1 fully saturated rings. The number of thiocarbonyl (C=S) groups is 1. The molecule has 1 saturated heterocycles. The SMILES string of the molecule is CCN1C(=S)NC2c3cc(F)ccc3OC1(C)C2C. The molecule has 3 atom stereocenters. The minimum Gasteiger partial charge on any atom is -0.467 e. The van der Waals surface area contributed by atoms with Crippen LogP contribution in [0.4, 0.5) is 4.39 Å². The number of nitrogens with zero attached hydrogens (tertiary/aromatic N) is 1. The van der Waals surface area contributed by atoms with Gasteiger partial charge in [0.2, 0.25) is 0 Å². The van der Waals surface area contributed by atoms with Crippen LogP contribution in [0.25, 0.3) is 0 Å². The summed E-state index contributed by atoms with van der Waals surface area (Å²) in [6.07, 6.45) is 0. The van der Waals surface area contributed by atoms with Gasteiger partial charge in [0.1, 0.15) is 11.6 Å². The minimum absolute atomic E-state index is 0.000231. The molecule has 0 radical (unpaired) electrons. The summed E-state index contributed by atoms with van der Waals surface area (Å²) in [5, 5.41) is 3.99. The summed E-state index contributed by atoms with van der Waals surface area (Å²) >= 11 is 5.41. The Bertz CT molecular complexity index is 550. The Morgan fingerprint density at radius 2 is 2.26 bits per heavy atom. The van der Waals surface area contributed by atoms with Gasteiger partial charge in [-0.3, -0.25) is 0 Å². The Morgan fingerprint density at radius 1 is 1.53 bits per heavy atom. The van der Waals surface area contributed by atoms with Gasteiger partial charge < -0.3 is 15.0 Å².